The van der Waals surface area contributed by atoms with Crippen molar-refractivity contribution in [2.24, 2.45) is 0 Å². The molecule has 7 nitrogen and oxygen atoms in total. The molecule has 0 spiro atoms. The molecule has 0 fully saturated rings. The summed E-state index contributed by atoms with van der Waals surface area (Å²) in [6, 6.07) is 0. The number of hydrogen-bond acceptors (Lipinski definition) is 4. The van der Waals surface area contributed by atoms with Crippen molar-refractivity contribution < 1.29 is 42.5 Å². The zero-order valence-electron chi connectivity index (χ0n) is 3.78. The van der Waals surface area contributed by atoms with Crippen molar-refractivity contribution in [2.45, 2.75) is 0 Å². The fourth-order valence-corrected chi connectivity index (χ4v) is 0. The summed E-state index contributed by atoms with van der Waals surface area (Å²) in [5.41, 5.74) is 0. The van der Waals surface area contributed by atoms with Gasteiger partial charge in [0.25, 0.3) is 0 Å². The maximum atomic E-state index is 8.56. The third-order valence-electron chi connectivity index (χ3n) is 0. The fourth-order valence-electron chi connectivity index (χ4n) is 0. The van der Waals surface area contributed by atoms with Gasteiger partial charge in [0, 0.05) is 0 Å². The van der Waals surface area contributed by atoms with Gasteiger partial charge in [-0.05, 0) is 0 Å². The van der Waals surface area contributed by atoms with E-state index in [2.05, 4.69) is 0 Å². The maximum absolute atomic E-state index is 8.56. The summed E-state index contributed by atoms with van der Waals surface area (Å²) in [7, 11) is 0. The molecule has 0 aliphatic heterocycles. The summed E-state index contributed by atoms with van der Waals surface area (Å²) in [4.78, 5) is 16.8. The van der Waals surface area contributed by atoms with E-state index in [0.717, 1.165) is 0 Å². The predicted octanol–water partition coefficient (Wildman–Crippen LogP) is -0.0192. The summed E-state index contributed by atoms with van der Waals surface area (Å²) >= 11 is 0. The monoisotopic (exact) mass is 231 g/mol. The van der Waals surface area contributed by atoms with Gasteiger partial charge in [-0.25, -0.2) is 4.79 Å². The van der Waals surface area contributed by atoms with E-state index in [-0.39, 0.29) is 22.4 Å². The van der Waals surface area contributed by atoms with Crippen LogP contribution in [0, 0.1) is 15.3 Å². The first-order valence-electron chi connectivity index (χ1n) is 1.20. The minimum Gasteiger partial charge on any atom is -0.450 e. The minimum atomic E-state index is -1.83. The summed E-state index contributed by atoms with van der Waals surface area (Å²) in [5.74, 6) is 0. The van der Waals surface area contributed by atoms with E-state index >= 15 is 0 Å². The molecule has 0 aliphatic rings. The van der Waals surface area contributed by atoms with E-state index in [0.29, 0.717) is 0 Å². The molecule has 0 aliphatic carbocycles. The normalized spacial score (nSPS) is 5.33. The van der Waals surface area contributed by atoms with Crippen LogP contribution in [0.15, 0.2) is 0 Å². The first kappa shape index (κ1) is 15.7. The molecule has 0 bridgehead atoms. The molecule has 2 N–H and O–H groups in total. The third kappa shape index (κ3) is 314. The maximum Gasteiger partial charge on any atom is 1.00 e. The molecule has 0 amide bonds. The van der Waals surface area contributed by atoms with Gasteiger partial charge in [0.2, 0.25) is 0 Å². The number of carboxylic acid groups (broad SMARTS) is 2. The SMILES string of the molecule is O=C(O)O.O=[N+]([O-])[O-].[Ag+]. The minimum absolute atomic E-state index is 0. The van der Waals surface area contributed by atoms with Crippen LogP contribution in [0.3, 0.4) is 0 Å². The molecule has 0 atom stereocenters. The second-order valence-electron chi connectivity index (χ2n) is 0.506. The molecule has 8 heteroatoms. The summed E-state index contributed by atoms with van der Waals surface area (Å²) in [6.45, 7) is 0. The van der Waals surface area contributed by atoms with E-state index in [4.69, 9.17) is 30.3 Å². The van der Waals surface area contributed by atoms with E-state index < -0.39 is 11.2 Å². The smallest absolute Gasteiger partial charge is 0.450 e. The zero-order valence-corrected chi connectivity index (χ0v) is 5.26. The molecule has 0 saturated carbocycles. The van der Waals surface area contributed by atoms with Crippen LogP contribution in [0.25, 0.3) is 0 Å². The van der Waals surface area contributed by atoms with Crippen molar-refractivity contribution in [2.75, 3.05) is 0 Å². The van der Waals surface area contributed by atoms with Crippen molar-refractivity contribution in [3.63, 3.8) is 0 Å². The van der Waals surface area contributed by atoms with Crippen LogP contribution in [0.4, 0.5) is 4.79 Å². The third-order valence-corrected chi connectivity index (χ3v) is 0. The van der Waals surface area contributed by atoms with Crippen LogP contribution < -0.4 is 0 Å². The van der Waals surface area contributed by atoms with Crippen LogP contribution in [0.5, 0.6) is 0 Å². The van der Waals surface area contributed by atoms with Crippen LogP contribution >= 0.6 is 0 Å². The number of rotatable bonds is 0. The van der Waals surface area contributed by atoms with E-state index in [1.807, 2.05) is 0 Å². The van der Waals surface area contributed by atoms with Gasteiger partial charge in [-0.2, -0.15) is 0 Å². The van der Waals surface area contributed by atoms with Crippen molar-refractivity contribution in [1.82, 2.24) is 0 Å². The zero-order chi connectivity index (χ0) is 7.15. The Morgan fingerprint density at radius 2 is 1.33 bits per heavy atom. The Hall–Kier alpha value is -0.790. The molecule has 0 aromatic heterocycles. The molecule has 0 heterocycles. The molecule has 0 radical (unpaired) electrons. The first-order valence-corrected chi connectivity index (χ1v) is 1.20. The van der Waals surface area contributed by atoms with E-state index in [1.54, 1.807) is 0 Å². The molecule has 0 aromatic rings. The molecule has 9 heavy (non-hydrogen) atoms. The number of hydrogen-bond donors (Lipinski definition) is 2. The molecular formula is CH2AgNO6. The van der Waals surface area contributed by atoms with Crippen LogP contribution in [0.1, 0.15) is 0 Å². The van der Waals surface area contributed by atoms with Gasteiger partial charge < -0.3 is 25.5 Å². The second kappa shape index (κ2) is 10.2. The van der Waals surface area contributed by atoms with Gasteiger partial charge in [0.15, 0.2) is 0 Å². The van der Waals surface area contributed by atoms with Gasteiger partial charge in [-0.3, -0.25) is 0 Å². The van der Waals surface area contributed by atoms with E-state index in [1.165, 1.54) is 0 Å². The van der Waals surface area contributed by atoms with Crippen LogP contribution in [0.2, 0.25) is 0 Å². The molecule has 0 unspecified atom stereocenters. The summed E-state index contributed by atoms with van der Waals surface area (Å²) in [6.07, 6.45) is -1.83. The largest absolute Gasteiger partial charge is 1.00 e. The van der Waals surface area contributed by atoms with Gasteiger partial charge in [-0.1, -0.05) is 0 Å². The Kier molecular flexibility index (Phi) is 17.9. The average Bonchev–Trinajstić information content (AvgIpc) is 1.25. The first-order chi connectivity index (χ1) is 3.46. The Morgan fingerprint density at radius 3 is 1.33 bits per heavy atom. The van der Waals surface area contributed by atoms with Crippen molar-refractivity contribution in [1.29, 1.82) is 0 Å². The summed E-state index contributed by atoms with van der Waals surface area (Å²) in [5, 5.41) is 28.7. The quantitative estimate of drug-likeness (QED) is 0.343. The Balaban J connectivity index is -0.0000000720. The van der Waals surface area contributed by atoms with Gasteiger partial charge in [-0.15, -0.1) is 0 Å². The average molecular weight is 232 g/mol. The summed E-state index contributed by atoms with van der Waals surface area (Å²) < 4.78 is 0. The van der Waals surface area contributed by atoms with Crippen LogP contribution in [-0.2, 0) is 22.4 Å². The van der Waals surface area contributed by atoms with Gasteiger partial charge in [0.05, 0.1) is 5.09 Å². The second-order valence-corrected chi connectivity index (χ2v) is 0.506. The molecule has 58 valence electrons. The number of carbonyl (C=O) groups is 1. The van der Waals surface area contributed by atoms with Crippen molar-refractivity contribution in [3.8, 4) is 0 Å². The molecular weight excluding hydrogens is 230 g/mol. The Morgan fingerprint density at radius 1 is 1.33 bits per heavy atom. The molecule has 0 saturated heterocycles. The number of nitrogens with zero attached hydrogens (tertiary/aromatic N) is 1. The van der Waals surface area contributed by atoms with E-state index in [9.17, 15) is 0 Å². The van der Waals surface area contributed by atoms with Gasteiger partial charge in [0.1, 0.15) is 0 Å². The molecule has 0 rings (SSSR count). The molecule has 0 aromatic carbocycles. The predicted molar refractivity (Wildman–Crippen MR) is 21.0 cm³/mol. The fraction of sp³-hybridized carbons (Fsp3) is 0. The standard InChI is InChI=1S/CH2O3.Ag.NO3/c2-1(3)4;;2-1(3)4/h(H2,2,3,4);;/q;+1;-1. The van der Waals surface area contributed by atoms with Crippen LogP contribution in [-0.4, -0.2) is 21.5 Å². The Labute approximate surface area is 64.5 Å². The van der Waals surface area contributed by atoms with Crippen molar-refractivity contribution in [3.05, 3.63) is 15.3 Å². The van der Waals surface area contributed by atoms with Crippen molar-refractivity contribution >= 4 is 6.16 Å². The van der Waals surface area contributed by atoms with Gasteiger partial charge >= 0.3 is 28.5 Å². The topological polar surface area (TPSA) is 124 Å². The Bertz CT molecular complexity index is 71.1.